The van der Waals surface area contributed by atoms with Gasteiger partial charge in [0.1, 0.15) is 23.7 Å². The van der Waals surface area contributed by atoms with Crippen molar-refractivity contribution in [2.75, 3.05) is 18.1 Å². The van der Waals surface area contributed by atoms with Crippen LogP contribution in [0, 0.1) is 17.8 Å². The fourth-order valence-corrected chi connectivity index (χ4v) is 7.94. The van der Waals surface area contributed by atoms with E-state index in [1.54, 1.807) is 55.5 Å². The maximum atomic E-state index is 14.9. The average molecular weight is 676 g/mol. The zero-order chi connectivity index (χ0) is 34.2. The number of cyclic esters (lactones) is 1. The number of nitrogens with one attached hydrogen (secondary N) is 1. The van der Waals surface area contributed by atoms with Crippen molar-refractivity contribution in [3.05, 3.63) is 89.5 Å². The van der Waals surface area contributed by atoms with Gasteiger partial charge >= 0.3 is 5.97 Å². The molecule has 2 saturated heterocycles. The van der Waals surface area contributed by atoms with E-state index in [0.717, 1.165) is 0 Å². The van der Waals surface area contributed by atoms with Gasteiger partial charge in [-0.05, 0) is 37.0 Å². The van der Waals surface area contributed by atoms with Crippen molar-refractivity contribution < 1.29 is 33.8 Å². The number of carbonyl (C=O) groups is 4. The summed E-state index contributed by atoms with van der Waals surface area (Å²) in [5.41, 5.74) is -0.386. The summed E-state index contributed by atoms with van der Waals surface area (Å²) >= 11 is 6.59. The highest BCUT2D eigenvalue weighted by Gasteiger charge is 2.73. The number of hydrogen-bond donors (Lipinski definition) is 2. The Labute approximate surface area is 285 Å². The van der Waals surface area contributed by atoms with Gasteiger partial charge in [-0.2, -0.15) is 0 Å². The molecule has 6 rings (SSSR count). The van der Waals surface area contributed by atoms with Gasteiger partial charge in [-0.3, -0.25) is 19.2 Å². The van der Waals surface area contributed by atoms with Gasteiger partial charge in [0.25, 0.3) is 5.91 Å². The third-order valence-corrected chi connectivity index (χ3v) is 10.6. The molecule has 0 aromatic heterocycles. The van der Waals surface area contributed by atoms with Crippen LogP contribution < -0.4 is 10.2 Å². The lowest BCUT2D eigenvalue weighted by Crippen LogP contribution is -2.59. The maximum Gasteiger partial charge on any atom is 0.313 e. The number of ether oxygens (including phenoxy) is 2. The van der Waals surface area contributed by atoms with Crippen molar-refractivity contribution in [1.82, 2.24) is 10.2 Å². The summed E-state index contributed by atoms with van der Waals surface area (Å²) < 4.78 is 13.1. The molecule has 4 aliphatic rings. The molecule has 0 radical (unpaired) electrons. The number of allylic oxidation sites excluding steroid dienone is 1. The number of anilines is 1. The van der Waals surface area contributed by atoms with Gasteiger partial charge in [0.2, 0.25) is 11.8 Å². The molecule has 1 spiro atoms. The minimum atomic E-state index is -1.55. The van der Waals surface area contributed by atoms with Crippen molar-refractivity contribution in [3.63, 3.8) is 0 Å². The smallest absolute Gasteiger partial charge is 0.313 e. The van der Waals surface area contributed by atoms with Gasteiger partial charge in [-0.1, -0.05) is 98.6 Å². The predicted octanol–water partition coefficient (Wildman–Crippen LogP) is 4.37. The average Bonchev–Trinajstić information content (AvgIpc) is 3.47. The maximum absolute atomic E-state index is 14.9. The first-order chi connectivity index (χ1) is 23.1. The van der Waals surface area contributed by atoms with E-state index >= 15 is 0 Å². The number of halogens is 1. The van der Waals surface area contributed by atoms with Crippen LogP contribution in [0.15, 0.2) is 78.9 Å². The Balaban J connectivity index is 1.49. The van der Waals surface area contributed by atoms with Crippen LogP contribution in [-0.2, 0) is 28.7 Å². The van der Waals surface area contributed by atoms with Crippen molar-refractivity contribution in [1.29, 1.82) is 0 Å². The molecule has 3 amide bonds. The number of carbonyl (C=O) groups excluding carboxylic acids is 4. The Bertz CT molecular complexity index is 1610. The molecule has 2 aromatic rings. The molecular formula is C37H42ClN3O7. The fraction of sp³-hybridized carbons (Fsp3) is 0.459. The summed E-state index contributed by atoms with van der Waals surface area (Å²) in [7, 11) is 0. The van der Waals surface area contributed by atoms with Crippen LogP contribution in [0.1, 0.15) is 51.7 Å². The first-order valence-electron chi connectivity index (χ1n) is 16.7. The third-order valence-electron chi connectivity index (χ3n) is 10.3. The van der Waals surface area contributed by atoms with Crippen LogP contribution >= 0.6 is 11.6 Å². The summed E-state index contributed by atoms with van der Waals surface area (Å²) in [5, 5.41) is 14.0. The zero-order valence-electron chi connectivity index (χ0n) is 27.3. The molecule has 0 unspecified atom stereocenters. The number of amides is 3. The van der Waals surface area contributed by atoms with Crippen LogP contribution in [0.25, 0.3) is 0 Å². The highest BCUT2D eigenvalue weighted by atomic mass is 35.5. The molecule has 48 heavy (non-hydrogen) atoms. The normalized spacial score (nSPS) is 32.5. The van der Waals surface area contributed by atoms with Crippen molar-refractivity contribution in [2.45, 2.75) is 76.0 Å². The van der Waals surface area contributed by atoms with E-state index in [1.807, 2.05) is 44.2 Å². The van der Waals surface area contributed by atoms with Crippen LogP contribution in [0.5, 0.6) is 0 Å². The second-order valence-electron chi connectivity index (χ2n) is 13.1. The number of fused-ring (bicyclic) bond motifs is 2. The Hall–Kier alpha value is -3.99. The van der Waals surface area contributed by atoms with Gasteiger partial charge in [-0.25, -0.2) is 0 Å². The van der Waals surface area contributed by atoms with E-state index in [1.165, 1.54) is 9.80 Å². The van der Waals surface area contributed by atoms with E-state index < -0.39 is 65.6 Å². The molecular weight excluding hydrogens is 634 g/mol. The molecule has 10 nitrogen and oxygen atoms in total. The number of aliphatic hydroxyl groups excluding tert-OH is 1. The number of esters is 1. The highest BCUT2D eigenvalue weighted by molar-refractivity contribution is 6.34. The van der Waals surface area contributed by atoms with Crippen LogP contribution in [0.2, 0.25) is 5.02 Å². The Morgan fingerprint density at radius 3 is 2.48 bits per heavy atom. The first kappa shape index (κ1) is 33.9. The molecule has 11 heteroatoms. The van der Waals surface area contributed by atoms with Gasteiger partial charge in [-0.15, -0.1) is 0 Å². The number of likely N-dealkylation sites (tertiary alicyclic amines) is 1. The van der Waals surface area contributed by atoms with E-state index in [0.29, 0.717) is 29.1 Å². The minimum Gasteiger partial charge on any atom is -0.455 e. The van der Waals surface area contributed by atoms with Crippen molar-refractivity contribution in [3.8, 4) is 0 Å². The number of benzene rings is 2. The van der Waals surface area contributed by atoms with E-state index in [2.05, 4.69) is 5.32 Å². The molecule has 0 aliphatic carbocycles. The molecule has 4 aliphatic heterocycles. The lowest BCUT2D eigenvalue weighted by Gasteiger charge is -2.40. The number of aliphatic hydroxyl groups is 1. The van der Waals surface area contributed by atoms with E-state index in [9.17, 15) is 24.3 Å². The number of hydrogen-bond acceptors (Lipinski definition) is 7. The Kier molecular flexibility index (Phi) is 9.79. The lowest BCUT2D eigenvalue weighted by molar-refractivity contribution is -0.162. The van der Waals surface area contributed by atoms with E-state index in [-0.39, 0.29) is 31.4 Å². The number of rotatable bonds is 6. The summed E-state index contributed by atoms with van der Waals surface area (Å²) in [6, 6.07) is 13.6. The second-order valence-corrected chi connectivity index (χ2v) is 13.5. The molecule has 9 atom stereocenters. The quantitative estimate of drug-likeness (QED) is 0.344. The van der Waals surface area contributed by atoms with E-state index in [4.69, 9.17) is 21.1 Å². The topological polar surface area (TPSA) is 125 Å². The largest absolute Gasteiger partial charge is 0.455 e. The summed E-state index contributed by atoms with van der Waals surface area (Å²) in [5.74, 6) is -4.16. The molecule has 2 aromatic carbocycles. The molecule has 0 saturated carbocycles. The molecule has 254 valence electrons. The Morgan fingerprint density at radius 2 is 1.77 bits per heavy atom. The standard InChI is InChI=1S/C37H42ClN3O7/c1-4-22(2)27(21-42)41-33-35(45)40(26-16-9-8-15-25(26)38)20-12-19-37(33)31(34(41)44)30-28(48-37)17-10-11-18-29(43)39-23(3)32(47-36(30)46)24-13-6-5-7-14-24/h5-10,12-17,19,22-23,27-28,30-33,42H,4,11,18,20-21H2,1-3H3,(H,39,43)/b17-10-/t22-,23+,27-,28+,30-,31-,32-,33+,37-/m0/s1. The summed E-state index contributed by atoms with van der Waals surface area (Å²) in [6.07, 6.45) is 6.45. The minimum absolute atomic E-state index is 0.156. The van der Waals surface area contributed by atoms with Crippen molar-refractivity contribution >= 4 is 41.0 Å². The monoisotopic (exact) mass is 675 g/mol. The summed E-state index contributed by atoms with van der Waals surface area (Å²) in [4.78, 5) is 60.0. The van der Waals surface area contributed by atoms with Crippen LogP contribution in [-0.4, -0.2) is 76.7 Å². The lowest BCUT2D eigenvalue weighted by atomic mass is 9.77. The first-order valence-corrected chi connectivity index (χ1v) is 17.1. The summed E-state index contributed by atoms with van der Waals surface area (Å²) in [6.45, 7) is 5.44. The number of nitrogens with zero attached hydrogens (tertiary/aromatic N) is 2. The second kappa shape index (κ2) is 13.9. The number of para-hydroxylation sites is 1. The predicted molar refractivity (Wildman–Crippen MR) is 180 cm³/mol. The zero-order valence-corrected chi connectivity index (χ0v) is 28.1. The third kappa shape index (κ3) is 5.84. The van der Waals surface area contributed by atoms with Gasteiger partial charge in [0, 0.05) is 13.0 Å². The molecule has 2 N–H and O–H groups in total. The van der Waals surface area contributed by atoms with Crippen LogP contribution in [0.3, 0.4) is 0 Å². The SMILES string of the molecule is CC[C@H](C)[C@H](CO)N1C(=O)[C@@H]2[C@H]3C(=O)O[C@H](c4ccccc4)[C@@H](C)NC(=O)CC/C=C\[C@H]3O[C@@]23C=CCN(c2ccccc2Cl)C(=O)[C@@H]13. The van der Waals surface area contributed by atoms with Gasteiger partial charge < -0.3 is 29.7 Å². The van der Waals surface area contributed by atoms with Crippen LogP contribution in [0.4, 0.5) is 5.69 Å². The fourth-order valence-electron chi connectivity index (χ4n) is 7.70. The van der Waals surface area contributed by atoms with Gasteiger partial charge in [0.15, 0.2) is 0 Å². The van der Waals surface area contributed by atoms with Crippen molar-refractivity contribution in [2.24, 2.45) is 17.8 Å². The molecule has 0 bridgehead atoms. The Morgan fingerprint density at radius 1 is 1.04 bits per heavy atom. The molecule has 4 heterocycles. The molecule has 2 fully saturated rings. The van der Waals surface area contributed by atoms with Gasteiger partial charge in [0.05, 0.1) is 41.4 Å². The highest BCUT2D eigenvalue weighted by Crippen LogP contribution is 2.54.